The zero-order valence-corrected chi connectivity index (χ0v) is 7.93. The normalized spacial score (nSPS) is 10.9. The summed E-state index contributed by atoms with van der Waals surface area (Å²) in [5.74, 6) is 0. The Bertz CT molecular complexity index is 420. The molecule has 2 aromatic rings. The van der Waals surface area contributed by atoms with Gasteiger partial charge in [-0.25, -0.2) is 0 Å². The molecule has 0 aliphatic carbocycles. The molecule has 1 heterocycles. The second-order valence-electron chi connectivity index (χ2n) is 3.01. The van der Waals surface area contributed by atoms with Crippen molar-refractivity contribution in [3.63, 3.8) is 0 Å². The molecule has 0 radical (unpaired) electrons. The predicted molar refractivity (Wildman–Crippen MR) is 56.1 cm³/mol. The standard InChI is InChI=1S/C10H11ClN2/c11-9-3-1-2-8-7(4-5-12)6-13-10(8)9/h1-3,6,13H,4-5,12H2. The van der Waals surface area contributed by atoms with Crippen molar-refractivity contribution in [2.75, 3.05) is 6.54 Å². The lowest BCUT2D eigenvalue weighted by molar-refractivity contribution is 0.976. The summed E-state index contributed by atoms with van der Waals surface area (Å²) < 4.78 is 0. The van der Waals surface area contributed by atoms with Gasteiger partial charge in [0.1, 0.15) is 0 Å². The number of hydrogen-bond acceptors (Lipinski definition) is 1. The van der Waals surface area contributed by atoms with Crippen LogP contribution in [-0.4, -0.2) is 11.5 Å². The van der Waals surface area contributed by atoms with E-state index in [2.05, 4.69) is 11.1 Å². The zero-order chi connectivity index (χ0) is 9.26. The number of H-pyrrole nitrogens is 1. The minimum atomic E-state index is 0.666. The number of nitrogens with two attached hydrogens (primary N) is 1. The lowest BCUT2D eigenvalue weighted by Crippen LogP contribution is -2.01. The Kier molecular flexibility index (Phi) is 2.25. The molecule has 0 fully saturated rings. The maximum absolute atomic E-state index is 6.01. The van der Waals surface area contributed by atoms with E-state index in [1.54, 1.807) is 0 Å². The second-order valence-corrected chi connectivity index (χ2v) is 3.42. The first kappa shape index (κ1) is 8.60. The average Bonchev–Trinajstić information content (AvgIpc) is 2.51. The third kappa shape index (κ3) is 1.43. The van der Waals surface area contributed by atoms with Gasteiger partial charge in [0.2, 0.25) is 0 Å². The van der Waals surface area contributed by atoms with Gasteiger partial charge in [0.05, 0.1) is 10.5 Å². The number of hydrogen-bond donors (Lipinski definition) is 2. The molecule has 13 heavy (non-hydrogen) atoms. The molecule has 0 aliphatic heterocycles. The highest BCUT2D eigenvalue weighted by atomic mass is 35.5. The van der Waals surface area contributed by atoms with E-state index in [4.69, 9.17) is 17.3 Å². The van der Waals surface area contributed by atoms with Crippen LogP contribution in [0.2, 0.25) is 5.02 Å². The second kappa shape index (κ2) is 3.40. The van der Waals surface area contributed by atoms with Crippen LogP contribution in [0.3, 0.4) is 0 Å². The summed E-state index contributed by atoms with van der Waals surface area (Å²) >= 11 is 6.01. The van der Waals surface area contributed by atoms with Crippen LogP contribution < -0.4 is 5.73 Å². The monoisotopic (exact) mass is 194 g/mol. The van der Waals surface area contributed by atoms with Crippen LogP contribution in [0.4, 0.5) is 0 Å². The Morgan fingerprint density at radius 1 is 1.38 bits per heavy atom. The van der Waals surface area contributed by atoms with Crippen molar-refractivity contribution in [2.45, 2.75) is 6.42 Å². The molecule has 3 heteroatoms. The van der Waals surface area contributed by atoms with Crippen molar-refractivity contribution in [3.05, 3.63) is 35.0 Å². The molecule has 0 spiro atoms. The minimum Gasteiger partial charge on any atom is -0.360 e. The highest BCUT2D eigenvalue weighted by Gasteiger charge is 2.04. The fourth-order valence-corrected chi connectivity index (χ4v) is 1.77. The predicted octanol–water partition coefficient (Wildman–Crippen LogP) is 2.32. The molecular formula is C10H11ClN2. The molecular weight excluding hydrogens is 184 g/mol. The van der Waals surface area contributed by atoms with Gasteiger partial charge in [-0.3, -0.25) is 0 Å². The molecule has 3 N–H and O–H groups in total. The summed E-state index contributed by atoms with van der Waals surface area (Å²) in [6.45, 7) is 0.666. The summed E-state index contributed by atoms with van der Waals surface area (Å²) in [6.07, 6.45) is 2.86. The lowest BCUT2D eigenvalue weighted by atomic mass is 10.1. The molecule has 2 nitrogen and oxygen atoms in total. The van der Waals surface area contributed by atoms with E-state index in [0.29, 0.717) is 6.54 Å². The fraction of sp³-hybridized carbons (Fsp3) is 0.200. The van der Waals surface area contributed by atoms with Crippen molar-refractivity contribution >= 4 is 22.5 Å². The SMILES string of the molecule is NCCc1c[nH]c2c(Cl)cccc12. The van der Waals surface area contributed by atoms with E-state index in [1.165, 1.54) is 10.9 Å². The van der Waals surface area contributed by atoms with Gasteiger partial charge in [-0.05, 0) is 24.6 Å². The van der Waals surface area contributed by atoms with Gasteiger partial charge in [0.25, 0.3) is 0 Å². The van der Waals surface area contributed by atoms with Gasteiger partial charge >= 0.3 is 0 Å². The summed E-state index contributed by atoms with van der Waals surface area (Å²) in [4.78, 5) is 3.15. The van der Waals surface area contributed by atoms with Crippen LogP contribution in [0.25, 0.3) is 10.9 Å². The number of nitrogens with one attached hydrogen (secondary N) is 1. The first-order valence-electron chi connectivity index (χ1n) is 4.27. The van der Waals surface area contributed by atoms with Crippen molar-refractivity contribution < 1.29 is 0 Å². The Hall–Kier alpha value is -0.990. The number of aromatic nitrogens is 1. The summed E-state index contributed by atoms with van der Waals surface area (Å²) in [7, 11) is 0. The zero-order valence-electron chi connectivity index (χ0n) is 7.18. The number of halogens is 1. The first-order chi connectivity index (χ1) is 6.33. The Morgan fingerprint density at radius 2 is 2.23 bits per heavy atom. The van der Waals surface area contributed by atoms with Gasteiger partial charge < -0.3 is 10.7 Å². The van der Waals surface area contributed by atoms with Crippen LogP contribution in [-0.2, 0) is 6.42 Å². The number of fused-ring (bicyclic) bond motifs is 1. The van der Waals surface area contributed by atoms with Crippen LogP contribution >= 0.6 is 11.6 Å². The Labute approximate surface area is 81.7 Å². The number of rotatable bonds is 2. The quantitative estimate of drug-likeness (QED) is 0.757. The molecule has 0 atom stereocenters. The average molecular weight is 195 g/mol. The number of benzene rings is 1. The van der Waals surface area contributed by atoms with Gasteiger partial charge in [0.15, 0.2) is 0 Å². The van der Waals surface area contributed by atoms with E-state index >= 15 is 0 Å². The third-order valence-electron chi connectivity index (χ3n) is 2.16. The summed E-state index contributed by atoms with van der Waals surface area (Å²) in [5.41, 5.74) is 7.75. The van der Waals surface area contributed by atoms with Crippen molar-refractivity contribution in [2.24, 2.45) is 5.73 Å². The van der Waals surface area contributed by atoms with Crippen LogP contribution in [0.15, 0.2) is 24.4 Å². The van der Waals surface area contributed by atoms with E-state index in [-0.39, 0.29) is 0 Å². The largest absolute Gasteiger partial charge is 0.360 e. The smallest absolute Gasteiger partial charge is 0.0647 e. The minimum absolute atomic E-state index is 0.666. The Balaban J connectivity index is 2.61. The number of para-hydroxylation sites is 1. The maximum Gasteiger partial charge on any atom is 0.0647 e. The molecule has 68 valence electrons. The maximum atomic E-state index is 6.01. The van der Waals surface area contributed by atoms with Crippen LogP contribution in [0, 0.1) is 0 Å². The lowest BCUT2D eigenvalue weighted by Gasteiger charge is -1.96. The van der Waals surface area contributed by atoms with E-state index < -0.39 is 0 Å². The summed E-state index contributed by atoms with van der Waals surface area (Å²) in [5, 5.41) is 1.94. The highest BCUT2D eigenvalue weighted by molar-refractivity contribution is 6.35. The van der Waals surface area contributed by atoms with Gasteiger partial charge in [-0.2, -0.15) is 0 Å². The van der Waals surface area contributed by atoms with Gasteiger partial charge in [0, 0.05) is 11.6 Å². The molecule has 2 rings (SSSR count). The highest BCUT2D eigenvalue weighted by Crippen LogP contribution is 2.24. The van der Waals surface area contributed by atoms with Gasteiger partial charge in [-0.15, -0.1) is 0 Å². The van der Waals surface area contributed by atoms with E-state index in [0.717, 1.165) is 17.0 Å². The van der Waals surface area contributed by atoms with Gasteiger partial charge in [-0.1, -0.05) is 23.7 Å². The van der Waals surface area contributed by atoms with Crippen LogP contribution in [0.1, 0.15) is 5.56 Å². The molecule has 0 bridgehead atoms. The molecule has 1 aromatic carbocycles. The molecule has 1 aromatic heterocycles. The van der Waals surface area contributed by atoms with Crippen molar-refractivity contribution in [1.29, 1.82) is 0 Å². The van der Waals surface area contributed by atoms with Crippen LogP contribution in [0.5, 0.6) is 0 Å². The first-order valence-corrected chi connectivity index (χ1v) is 4.65. The third-order valence-corrected chi connectivity index (χ3v) is 2.48. The molecule has 0 amide bonds. The van der Waals surface area contributed by atoms with E-state index in [1.807, 2.05) is 18.3 Å². The topological polar surface area (TPSA) is 41.8 Å². The molecule has 0 saturated carbocycles. The van der Waals surface area contributed by atoms with E-state index in [9.17, 15) is 0 Å². The fourth-order valence-electron chi connectivity index (χ4n) is 1.54. The Morgan fingerprint density at radius 3 is 3.00 bits per heavy atom. The summed E-state index contributed by atoms with van der Waals surface area (Å²) in [6, 6.07) is 5.90. The van der Waals surface area contributed by atoms with Crippen molar-refractivity contribution in [1.82, 2.24) is 4.98 Å². The van der Waals surface area contributed by atoms with Crippen molar-refractivity contribution in [3.8, 4) is 0 Å². The molecule has 0 unspecified atom stereocenters. The molecule has 0 saturated heterocycles. The molecule has 0 aliphatic rings. The number of aromatic amines is 1.